The van der Waals surface area contributed by atoms with E-state index in [1.165, 1.54) is 0 Å². The van der Waals surface area contributed by atoms with E-state index in [0.29, 0.717) is 0 Å². The molecule has 0 saturated carbocycles. The van der Waals surface area contributed by atoms with Gasteiger partial charge in [0.2, 0.25) is 0 Å². The van der Waals surface area contributed by atoms with E-state index in [-0.39, 0.29) is 27.6 Å². The molecule has 10 heavy (non-hydrogen) atoms. The van der Waals surface area contributed by atoms with Crippen LogP contribution in [0.4, 0.5) is 0 Å². The smallest absolute Gasteiger partial charge is 0.0688 e. The van der Waals surface area contributed by atoms with Crippen molar-refractivity contribution in [2.75, 3.05) is 0 Å². The molecule has 0 bridgehead atoms. The van der Waals surface area contributed by atoms with Gasteiger partial charge >= 0.3 is 0 Å². The maximum absolute atomic E-state index is 9.41. The number of rotatable bonds is 1. The van der Waals surface area contributed by atoms with Crippen LogP contribution in [0.5, 0.6) is 0 Å². The third-order valence-electron chi connectivity index (χ3n) is 1.56. The van der Waals surface area contributed by atoms with Crippen LogP contribution >= 0.6 is 0 Å². The van der Waals surface area contributed by atoms with Crippen LogP contribution in [-0.4, -0.2) is 10.7 Å². The zero-order valence-electron chi connectivity index (χ0n) is 6.33. The molecule has 0 radical (unpaired) electrons. The summed E-state index contributed by atoms with van der Waals surface area (Å²) in [7, 11) is 0. The Labute approximate surface area is 76.7 Å². The molecule has 54 valence electrons. The zero-order valence-corrected chi connectivity index (χ0v) is 7.90. The summed E-state index contributed by atoms with van der Waals surface area (Å²) in [6.45, 7) is 3.63. The minimum Gasteiger partial charge on any atom is -0.390 e. The molecule has 0 fully saturated rings. The molecule has 0 saturated heterocycles. The zero-order chi connectivity index (χ0) is 6.91. The normalized spacial score (nSPS) is 17.5. The van der Waals surface area contributed by atoms with E-state index in [9.17, 15) is 5.11 Å². The van der Waals surface area contributed by atoms with Crippen LogP contribution in [-0.2, 0) is 21.7 Å². The standard InChI is InChI=1S/C8H12O.Ti/c1-8(2,9)7-5-3-4-6-7;/h3-7,9H,1-2H3;. The summed E-state index contributed by atoms with van der Waals surface area (Å²) < 4.78 is 0. The molecule has 1 N–H and O–H groups in total. The molecule has 0 aromatic rings. The Kier molecular flexibility index (Phi) is 3.57. The Morgan fingerprint density at radius 1 is 1.20 bits per heavy atom. The molecule has 1 aliphatic rings. The molecule has 0 atom stereocenters. The van der Waals surface area contributed by atoms with Crippen molar-refractivity contribution in [3.05, 3.63) is 24.3 Å². The first-order chi connectivity index (χ1) is 4.11. The van der Waals surface area contributed by atoms with Crippen LogP contribution in [0, 0.1) is 5.92 Å². The average molecular weight is 172 g/mol. The minimum atomic E-state index is -0.594. The summed E-state index contributed by atoms with van der Waals surface area (Å²) in [5, 5.41) is 9.41. The van der Waals surface area contributed by atoms with Gasteiger partial charge in [0.1, 0.15) is 0 Å². The number of aliphatic hydroxyl groups is 1. The predicted molar refractivity (Wildman–Crippen MR) is 38.1 cm³/mol. The Hall–Kier alpha value is 0.154. The van der Waals surface area contributed by atoms with E-state index in [2.05, 4.69) is 0 Å². The van der Waals surface area contributed by atoms with Crippen molar-refractivity contribution in [1.82, 2.24) is 0 Å². The van der Waals surface area contributed by atoms with Gasteiger partial charge in [-0.05, 0) is 13.8 Å². The SMILES string of the molecule is CC(C)(O)C1C=CC=C1.[Ti]. The molecule has 0 unspecified atom stereocenters. The van der Waals surface area contributed by atoms with Crippen molar-refractivity contribution in [3.8, 4) is 0 Å². The predicted octanol–water partition coefficient (Wildman–Crippen LogP) is 1.50. The number of hydrogen-bond donors (Lipinski definition) is 1. The van der Waals surface area contributed by atoms with Crippen molar-refractivity contribution in [2.24, 2.45) is 5.92 Å². The average Bonchev–Trinajstić information content (AvgIpc) is 2.08. The van der Waals surface area contributed by atoms with Crippen LogP contribution in [0.1, 0.15) is 13.8 Å². The van der Waals surface area contributed by atoms with Gasteiger partial charge in [0.25, 0.3) is 0 Å². The molecule has 0 aromatic heterocycles. The largest absolute Gasteiger partial charge is 0.390 e. The molecular formula is C8H12OTi. The fourth-order valence-electron chi connectivity index (χ4n) is 0.903. The summed E-state index contributed by atoms with van der Waals surface area (Å²) in [4.78, 5) is 0. The van der Waals surface area contributed by atoms with Gasteiger partial charge in [-0.3, -0.25) is 0 Å². The van der Waals surface area contributed by atoms with Gasteiger partial charge in [-0.1, -0.05) is 24.3 Å². The van der Waals surface area contributed by atoms with Crippen molar-refractivity contribution in [1.29, 1.82) is 0 Å². The third-order valence-corrected chi connectivity index (χ3v) is 1.56. The van der Waals surface area contributed by atoms with Gasteiger partial charge in [0.15, 0.2) is 0 Å². The Bertz CT molecular complexity index is 141. The Morgan fingerprint density at radius 3 is 1.80 bits per heavy atom. The second-order valence-electron chi connectivity index (χ2n) is 2.95. The van der Waals surface area contributed by atoms with E-state index in [0.717, 1.165) is 0 Å². The second-order valence-corrected chi connectivity index (χ2v) is 2.95. The molecule has 1 nitrogen and oxygen atoms in total. The Morgan fingerprint density at radius 2 is 1.60 bits per heavy atom. The van der Waals surface area contributed by atoms with Gasteiger partial charge < -0.3 is 5.11 Å². The number of allylic oxidation sites excluding steroid dienone is 2. The quantitative estimate of drug-likeness (QED) is 0.594. The summed E-state index contributed by atoms with van der Waals surface area (Å²) in [6.07, 6.45) is 7.92. The van der Waals surface area contributed by atoms with Crippen molar-refractivity contribution >= 4 is 0 Å². The molecular weight excluding hydrogens is 160 g/mol. The van der Waals surface area contributed by atoms with E-state index in [1.54, 1.807) is 0 Å². The molecule has 2 heteroatoms. The fraction of sp³-hybridized carbons (Fsp3) is 0.500. The fourth-order valence-corrected chi connectivity index (χ4v) is 0.903. The number of hydrogen-bond acceptors (Lipinski definition) is 1. The molecule has 0 aliphatic heterocycles. The van der Waals surface area contributed by atoms with Gasteiger partial charge in [-0.15, -0.1) is 0 Å². The monoisotopic (exact) mass is 172 g/mol. The first-order valence-electron chi connectivity index (χ1n) is 3.18. The van der Waals surface area contributed by atoms with E-state index < -0.39 is 5.60 Å². The van der Waals surface area contributed by atoms with Crippen molar-refractivity contribution in [3.63, 3.8) is 0 Å². The molecule has 0 heterocycles. The maximum atomic E-state index is 9.41. The van der Waals surface area contributed by atoms with Crippen LogP contribution < -0.4 is 0 Å². The molecule has 0 spiro atoms. The molecule has 0 aromatic carbocycles. The van der Waals surface area contributed by atoms with Gasteiger partial charge in [-0.25, -0.2) is 0 Å². The second kappa shape index (κ2) is 3.52. The summed E-state index contributed by atoms with van der Waals surface area (Å²) in [5.41, 5.74) is -0.594. The first-order valence-corrected chi connectivity index (χ1v) is 3.18. The maximum Gasteiger partial charge on any atom is 0.0688 e. The first kappa shape index (κ1) is 10.2. The summed E-state index contributed by atoms with van der Waals surface area (Å²) in [6, 6.07) is 0. The Balaban J connectivity index is 0.000000810. The van der Waals surface area contributed by atoms with E-state index >= 15 is 0 Å². The summed E-state index contributed by atoms with van der Waals surface area (Å²) in [5.74, 6) is 0.206. The van der Waals surface area contributed by atoms with Crippen molar-refractivity contribution in [2.45, 2.75) is 19.4 Å². The summed E-state index contributed by atoms with van der Waals surface area (Å²) >= 11 is 0. The van der Waals surface area contributed by atoms with Gasteiger partial charge in [-0.2, -0.15) is 0 Å². The van der Waals surface area contributed by atoms with Gasteiger partial charge in [0.05, 0.1) is 5.60 Å². The molecule has 1 rings (SSSR count). The minimum absolute atomic E-state index is 0. The van der Waals surface area contributed by atoms with Crippen LogP contribution in [0.15, 0.2) is 24.3 Å². The van der Waals surface area contributed by atoms with Crippen LogP contribution in [0.25, 0.3) is 0 Å². The third kappa shape index (κ3) is 2.41. The molecule has 1 aliphatic carbocycles. The van der Waals surface area contributed by atoms with E-state index in [1.807, 2.05) is 38.2 Å². The van der Waals surface area contributed by atoms with Crippen LogP contribution in [0.3, 0.4) is 0 Å². The van der Waals surface area contributed by atoms with Crippen molar-refractivity contribution < 1.29 is 26.8 Å². The topological polar surface area (TPSA) is 20.2 Å². The van der Waals surface area contributed by atoms with E-state index in [4.69, 9.17) is 0 Å². The molecule has 0 amide bonds. The van der Waals surface area contributed by atoms with Gasteiger partial charge in [0, 0.05) is 27.6 Å². The van der Waals surface area contributed by atoms with Crippen LogP contribution in [0.2, 0.25) is 0 Å².